The van der Waals surface area contributed by atoms with Gasteiger partial charge in [-0.15, -0.1) is 11.6 Å². The topological polar surface area (TPSA) is 77.8 Å². The first-order valence-corrected chi connectivity index (χ1v) is 7.71. The summed E-state index contributed by atoms with van der Waals surface area (Å²) < 4.78 is 0. The maximum atomic E-state index is 12.5. The number of carbonyl (C=O) groups is 2. The van der Waals surface area contributed by atoms with Crippen molar-refractivity contribution in [1.82, 2.24) is 4.90 Å². The van der Waals surface area contributed by atoms with Gasteiger partial charge in [-0.05, 0) is 25.3 Å². The van der Waals surface area contributed by atoms with E-state index in [1.807, 2.05) is 37.3 Å². The van der Waals surface area contributed by atoms with Gasteiger partial charge in [-0.2, -0.15) is 0 Å². The number of halogens is 1. The number of amides is 1. The first kappa shape index (κ1) is 16.8. The Morgan fingerprint density at radius 3 is 2.64 bits per heavy atom. The van der Waals surface area contributed by atoms with Crippen LogP contribution in [0.4, 0.5) is 0 Å². The van der Waals surface area contributed by atoms with Gasteiger partial charge in [-0.25, -0.2) is 0 Å². The summed E-state index contributed by atoms with van der Waals surface area (Å²) in [5.41, 5.74) is -0.409. The van der Waals surface area contributed by atoms with Crippen LogP contribution < -0.4 is 0 Å². The Morgan fingerprint density at radius 2 is 2.09 bits per heavy atom. The van der Waals surface area contributed by atoms with E-state index in [-0.39, 0.29) is 31.5 Å². The normalized spacial score (nSPS) is 26.2. The van der Waals surface area contributed by atoms with Crippen LogP contribution in [0.25, 0.3) is 0 Å². The average Bonchev–Trinajstić information content (AvgIpc) is 2.79. The Labute approximate surface area is 134 Å². The molecule has 0 aromatic heterocycles. The molecule has 22 heavy (non-hydrogen) atoms. The van der Waals surface area contributed by atoms with Gasteiger partial charge >= 0.3 is 5.97 Å². The van der Waals surface area contributed by atoms with Crippen molar-refractivity contribution in [3.63, 3.8) is 0 Å². The number of aliphatic hydroxyl groups excluding tert-OH is 1. The third kappa shape index (κ3) is 2.83. The largest absolute Gasteiger partial charge is 0.481 e. The highest BCUT2D eigenvalue weighted by Crippen LogP contribution is 2.43. The van der Waals surface area contributed by atoms with E-state index in [9.17, 15) is 14.7 Å². The number of aliphatic carboxylic acids is 1. The molecular weight excluding hydrogens is 306 g/mol. The number of nitrogens with zero attached hydrogens (tertiary/aromatic N) is 1. The fourth-order valence-corrected chi connectivity index (χ4v) is 3.36. The van der Waals surface area contributed by atoms with Gasteiger partial charge in [0.1, 0.15) is 10.8 Å². The second kappa shape index (κ2) is 6.67. The van der Waals surface area contributed by atoms with Gasteiger partial charge in [0.15, 0.2) is 0 Å². The van der Waals surface area contributed by atoms with Crippen LogP contribution in [0.15, 0.2) is 30.3 Å². The van der Waals surface area contributed by atoms with Gasteiger partial charge < -0.3 is 15.1 Å². The summed E-state index contributed by atoms with van der Waals surface area (Å²) in [6.07, 6.45) is 0.479. The molecule has 5 nitrogen and oxygen atoms in total. The summed E-state index contributed by atoms with van der Waals surface area (Å²) in [4.78, 5) is 25.7. The molecule has 0 bridgehead atoms. The van der Waals surface area contributed by atoms with E-state index in [4.69, 9.17) is 16.7 Å². The van der Waals surface area contributed by atoms with E-state index >= 15 is 0 Å². The minimum atomic E-state index is -1.34. The molecule has 6 heteroatoms. The monoisotopic (exact) mass is 325 g/mol. The van der Waals surface area contributed by atoms with Crippen molar-refractivity contribution in [1.29, 1.82) is 0 Å². The number of hydrogen-bond acceptors (Lipinski definition) is 3. The summed E-state index contributed by atoms with van der Waals surface area (Å²) in [5, 5.41) is 17.5. The molecule has 2 rings (SSSR count). The molecule has 1 saturated heterocycles. The first-order chi connectivity index (χ1) is 10.4. The van der Waals surface area contributed by atoms with E-state index in [0.29, 0.717) is 6.42 Å². The van der Waals surface area contributed by atoms with Crippen LogP contribution in [0.5, 0.6) is 0 Å². The second-order valence-corrected chi connectivity index (χ2v) is 6.14. The number of carboxylic acids is 1. The second-order valence-electron chi connectivity index (χ2n) is 5.70. The number of carbonyl (C=O) groups excluding carboxylic acids is 1. The number of likely N-dealkylation sites (tertiary alicyclic amines) is 1. The zero-order valence-electron chi connectivity index (χ0n) is 12.4. The maximum absolute atomic E-state index is 12.5. The van der Waals surface area contributed by atoms with Crippen molar-refractivity contribution in [2.45, 2.75) is 31.2 Å². The smallest absolute Gasteiger partial charge is 0.313 e. The molecule has 1 aliphatic heterocycles. The van der Waals surface area contributed by atoms with Gasteiger partial charge in [-0.1, -0.05) is 30.3 Å². The molecule has 3 atom stereocenters. The highest BCUT2D eigenvalue weighted by atomic mass is 35.5. The van der Waals surface area contributed by atoms with Gasteiger partial charge in [0.25, 0.3) is 0 Å². The quantitative estimate of drug-likeness (QED) is 0.785. The van der Waals surface area contributed by atoms with Gasteiger partial charge in [0.05, 0.1) is 6.04 Å². The van der Waals surface area contributed by atoms with Crippen molar-refractivity contribution in [3.8, 4) is 0 Å². The van der Waals surface area contributed by atoms with Crippen molar-refractivity contribution in [2.75, 3.05) is 13.2 Å². The maximum Gasteiger partial charge on any atom is 0.313 e. The molecule has 1 fully saturated rings. The summed E-state index contributed by atoms with van der Waals surface area (Å²) in [6.45, 7) is 1.80. The Balaban J connectivity index is 2.29. The minimum absolute atomic E-state index is 0.0609. The molecule has 1 heterocycles. The molecule has 1 aromatic rings. The standard InChI is InChI=1S/C16H20ClNO4/c1-11(12-6-3-2-4-7-12)18-10-16(15(21)22,8-5-9-19)13(17)14(18)20/h2-4,6-7,11,13,19H,5,8-10H2,1H3,(H,21,22)/t11-,13?,16-/m1/s1. The molecule has 1 aliphatic rings. The lowest BCUT2D eigenvalue weighted by atomic mass is 9.82. The summed E-state index contributed by atoms with van der Waals surface area (Å²) in [5.74, 6) is -1.45. The lowest BCUT2D eigenvalue weighted by Crippen LogP contribution is -2.40. The molecule has 0 radical (unpaired) electrons. The number of hydrogen-bond donors (Lipinski definition) is 2. The van der Waals surface area contributed by atoms with E-state index in [1.54, 1.807) is 0 Å². The molecule has 0 saturated carbocycles. The van der Waals surface area contributed by atoms with Gasteiger partial charge in [-0.3, -0.25) is 9.59 Å². The summed E-state index contributed by atoms with van der Waals surface area (Å²) >= 11 is 6.19. The van der Waals surface area contributed by atoms with Crippen molar-refractivity contribution in [2.24, 2.45) is 5.41 Å². The van der Waals surface area contributed by atoms with Crippen LogP contribution in [-0.4, -0.2) is 45.5 Å². The van der Waals surface area contributed by atoms with Crippen molar-refractivity contribution in [3.05, 3.63) is 35.9 Å². The molecular formula is C16H20ClNO4. The van der Waals surface area contributed by atoms with Crippen molar-refractivity contribution >= 4 is 23.5 Å². The number of aliphatic hydroxyl groups is 1. The van der Waals surface area contributed by atoms with Crippen LogP contribution >= 0.6 is 11.6 Å². The van der Waals surface area contributed by atoms with Gasteiger partial charge in [0.2, 0.25) is 5.91 Å². The number of carboxylic acid groups (broad SMARTS) is 1. The highest BCUT2D eigenvalue weighted by Gasteiger charge is 2.57. The third-order valence-electron chi connectivity index (χ3n) is 4.39. The molecule has 2 N–H and O–H groups in total. The Bertz CT molecular complexity index is 550. The predicted molar refractivity (Wildman–Crippen MR) is 82.6 cm³/mol. The number of benzene rings is 1. The Hall–Kier alpha value is -1.59. The fourth-order valence-electron chi connectivity index (χ4n) is 2.97. The average molecular weight is 326 g/mol. The molecule has 1 amide bonds. The number of rotatable bonds is 6. The van der Waals surface area contributed by atoms with Crippen molar-refractivity contribution < 1.29 is 19.8 Å². The summed E-state index contributed by atoms with van der Waals surface area (Å²) in [6, 6.07) is 9.19. The fraction of sp³-hybridized carbons (Fsp3) is 0.500. The summed E-state index contributed by atoms with van der Waals surface area (Å²) in [7, 11) is 0. The van der Waals surface area contributed by atoms with E-state index < -0.39 is 16.8 Å². The zero-order chi connectivity index (χ0) is 16.3. The predicted octanol–water partition coefficient (Wildman–Crippen LogP) is 2.04. The highest BCUT2D eigenvalue weighted by molar-refractivity contribution is 6.33. The van der Waals surface area contributed by atoms with Crippen LogP contribution in [0.3, 0.4) is 0 Å². The third-order valence-corrected chi connectivity index (χ3v) is 5.00. The first-order valence-electron chi connectivity index (χ1n) is 7.28. The number of alkyl halides is 1. The lowest BCUT2D eigenvalue weighted by Gasteiger charge is -2.28. The SMILES string of the molecule is C[C@H](c1ccccc1)N1C[C@@](CCCO)(C(=O)O)C(Cl)C1=O. The molecule has 1 unspecified atom stereocenters. The van der Waals surface area contributed by atoms with Crippen LogP contribution in [0.2, 0.25) is 0 Å². The Kier molecular flexibility index (Phi) is 5.08. The van der Waals surface area contributed by atoms with Crippen LogP contribution in [-0.2, 0) is 9.59 Å². The molecule has 0 spiro atoms. The zero-order valence-corrected chi connectivity index (χ0v) is 13.2. The minimum Gasteiger partial charge on any atom is -0.481 e. The molecule has 0 aliphatic carbocycles. The Morgan fingerprint density at radius 1 is 1.45 bits per heavy atom. The van der Waals surface area contributed by atoms with E-state index in [2.05, 4.69) is 0 Å². The molecule has 120 valence electrons. The van der Waals surface area contributed by atoms with E-state index in [0.717, 1.165) is 5.56 Å². The molecule has 1 aromatic carbocycles. The lowest BCUT2D eigenvalue weighted by molar-refractivity contribution is -0.149. The van der Waals surface area contributed by atoms with Crippen LogP contribution in [0.1, 0.15) is 31.4 Å². The van der Waals surface area contributed by atoms with Crippen LogP contribution in [0, 0.1) is 5.41 Å². The van der Waals surface area contributed by atoms with Gasteiger partial charge in [0, 0.05) is 13.2 Å². The van der Waals surface area contributed by atoms with E-state index in [1.165, 1.54) is 4.90 Å².